The molecule has 6 heteroatoms. The number of pyridine rings is 1. The van der Waals surface area contributed by atoms with Crippen LogP contribution in [0.4, 0.5) is 4.79 Å². The topological polar surface area (TPSA) is 45.7 Å². The quantitative estimate of drug-likeness (QED) is 0.774. The SMILES string of the molecule is Cc1nc(Cl)ccc1CN1CCN(C(=O)OC(C)(C)C)C(C)C1. The number of rotatable bonds is 2. The zero-order valence-electron chi connectivity index (χ0n) is 14.6. The zero-order valence-corrected chi connectivity index (χ0v) is 15.4. The second-order valence-electron chi connectivity index (χ2n) is 7.14. The Morgan fingerprint density at radius 2 is 2.09 bits per heavy atom. The predicted octanol–water partition coefficient (Wildman–Crippen LogP) is 3.48. The summed E-state index contributed by atoms with van der Waals surface area (Å²) in [6.45, 7) is 12.8. The highest BCUT2D eigenvalue weighted by Gasteiger charge is 2.30. The Labute approximate surface area is 143 Å². The van der Waals surface area contributed by atoms with Crippen LogP contribution in [0, 0.1) is 6.92 Å². The van der Waals surface area contributed by atoms with Crippen molar-refractivity contribution in [3.63, 3.8) is 0 Å². The van der Waals surface area contributed by atoms with Gasteiger partial charge in [0.05, 0.1) is 0 Å². The number of piperazine rings is 1. The lowest BCUT2D eigenvalue weighted by Gasteiger charge is -2.40. The fraction of sp³-hybridized carbons (Fsp3) is 0.647. The number of carbonyl (C=O) groups is 1. The Balaban J connectivity index is 1.94. The van der Waals surface area contributed by atoms with Gasteiger partial charge in [-0.15, -0.1) is 0 Å². The van der Waals surface area contributed by atoms with E-state index < -0.39 is 5.60 Å². The Hall–Kier alpha value is -1.33. The second kappa shape index (κ2) is 7.05. The van der Waals surface area contributed by atoms with Crippen LogP contribution < -0.4 is 0 Å². The molecule has 5 nitrogen and oxygen atoms in total. The number of hydrogen-bond donors (Lipinski definition) is 0. The molecule has 1 atom stereocenters. The van der Waals surface area contributed by atoms with Crippen molar-refractivity contribution in [1.29, 1.82) is 0 Å². The number of hydrogen-bond acceptors (Lipinski definition) is 4. The number of nitrogens with zero attached hydrogens (tertiary/aromatic N) is 3. The van der Waals surface area contributed by atoms with Crippen LogP contribution >= 0.6 is 11.6 Å². The molecule has 1 aromatic heterocycles. The lowest BCUT2D eigenvalue weighted by Crippen LogP contribution is -2.54. The maximum atomic E-state index is 12.2. The number of aromatic nitrogens is 1. The third kappa shape index (κ3) is 5.08. The molecule has 0 radical (unpaired) electrons. The van der Waals surface area contributed by atoms with Crippen LogP contribution in [0.15, 0.2) is 12.1 Å². The predicted molar refractivity (Wildman–Crippen MR) is 91.7 cm³/mol. The van der Waals surface area contributed by atoms with E-state index in [0.717, 1.165) is 25.3 Å². The van der Waals surface area contributed by atoms with Crippen LogP contribution in [-0.2, 0) is 11.3 Å². The molecule has 1 unspecified atom stereocenters. The average Bonchev–Trinajstić information content (AvgIpc) is 2.40. The van der Waals surface area contributed by atoms with E-state index in [0.29, 0.717) is 11.7 Å². The standard InChI is InChI=1S/C17H26ClN3O2/c1-12-10-20(11-14-6-7-15(18)19-13(14)2)8-9-21(12)16(22)23-17(3,4)5/h6-7,12H,8-11H2,1-5H3. The number of halogens is 1. The minimum atomic E-state index is -0.458. The smallest absolute Gasteiger partial charge is 0.410 e. The summed E-state index contributed by atoms with van der Waals surface area (Å²) in [6.07, 6.45) is -0.228. The molecule has 0 aliphatic carbocycles. The minimum absolute atomic E-state index is 0.124. The molecule has 0 spiro atoms. The van der Waals surface area contributed by atoms with Gasteiger partial charge in [-0.1, -0.05) is 17.7 Å². The molecule has 128 valence electrons. The van der Waals surface area contributed by atoms with Crippen molar-refractivity contribution in [2.75, 3.05) is 19.6 Å². The molecule has 1 amide bonds. The summed E-state index contributed by atoms with van der Waals surface area (Å²) in [6, 6.07) is 3.97. The Morgan fingerprint density at radius 1 is 1.39 bits per heavy atom. The van der Waals surface area contributed by atoms with E-state index in [1.165, 1.54) is 5.56 Å². The highest BCUT2D eigenvalue weighted by molar-refractivity contribution is 6.29. The van der Waals surface area contributed by atoms with E-state index in [2.05, 4.69) is 16.8 Å². The van der Waals surface area contributed by atoms with Gasteiger partial charge in [-0.3, -0.25) is 4.90 Å². The van der Waals surface area contributed by atoms with Gasteiger partial charge in [-0.05, 0) is 46.2 Å². The lowest BCUT2D eigenvalue weighted by molar-refractivity contribution is 0.000524. The molecule has 0 saturated carbocycles. The van der Waals surface area contributed by atoms with Crippen LogP contribution in [-0.4, -0.2) is 52.2 Å². The van der Waals surface area contributed by atoms with Gasteiger partial charge in [-0.2, -0.15) is 0 Å². The van der Waals surface area contributed by atoms with E-state index in [1.54, 1.807) is 0 Å². The van der Waals surface area contributed by atoms with E-state index in [4.69, 9.17) is 16.3 Å². The summed E-state index contributed by atoms with van der Waals surface area (Å²) in [7, 11) is 0. The molecular formula is C17H26ClN3O2. The van der Waals surface area contributed by atoms with Crippen LogP contribution in [0.1, 0.15) is 39.0 Å². The third-order valence-electron chi connectivity index (χ3n) is 3.89. The molecule has 1 fully saturated rings. The van der Waals surface area contributed by atoms with Crippen molar-refractivity contribution >= 4 is 17.7 Å². The molecule has 1 aromatic rings. The van der Waals surface area contributed by atoms with E-state index in [9.17, 15) is 4.79 Å². The summed E-state index contributed by atoms with van der Waals surface area (Å²) in [5, 5.41) is 0.523. The fourth-order valence-electron chi connectivity index (χ4n) is 2.74. The van der Waals surface area contributed by atoms with E-state index >= 15 is 0 Å². The van der Waals surface area contributed by atoms with Gasteiger partial charge < -0.3 is 9.64 Å². The molecule has 2 heterocycles. The second-order valence-corrected chi connectivity index (χ2v) is 7.52. The molecule has 1 aliphatic rings. The summed E-state index contributed by atoms with van der Waals surface area (Å²) in [5.74, 6) is 0. The van der Waals surface area contributed by atoms with Crippen LogP contribution in [0.3, 0.4) is 0 Å². The number of aryl methyl sites for hydroxylation is 1. The molecule has 0 N–H and O–H groups in total. The molecule has 2 rings (SSSR count). The highest BCUT2D eigenvalue weighted by Crippen LogP contribution is 2.18. The molecular weight excluding hydrogens is 314 g/mol. The first-order chi connectivity index (χ1) is 10.7. The van der Waals surface area contributed by atoms with Crippen molar-refractivity contribution in [1.82, 2.24) is 14.8 Å². The van der Waals surface area contributed by atoms with Gasteiger partial charge in [0, 0.05) is 37.9 Å². The number of carbonyl (C=O) groups excluding carboxylic acids is 1. The fourth-order valence-corrected chi connectivity index (χ4v) is 2.93. The first-order valence-corrected chi connectivity index (χ1v) is 8.37. The van der Waals surface area contributed by atoms with Crippen LogP contribution in [0.5, 0.6) is 0 Å². The van der Waals surface area contributed by atoms with Crippen molar-refractivity contribution in [3.8, 4) is 0 Å². The number of amides is 1. The van der Waals surface area contributed by atoms with Gasteiger partial charge >= 0.3 is 6.09 Å². The highest BCUT2D eigenvalue weighted by atomic mass is 35.5. The van der Waals surface area contributed by atoms with Gasteiger partial charge in [0.2, 0.25) is 0 Å². The molecule has 1 saturated heterocycles. The van der Waals surface area contributed by atoms with Crippen molar-refractivity contribution in [2.45, 2.75) is 52.8 Å². The molecule has 0 aromatic carbocycles. The van der Waals surface area contributed by atoms with Crippen molar-refractivity contribution in [3.05, 3.63) is 28.5 Å². The zero-order chi connectivity index (χ0) is 17.2. The van der Waals surface area contributed by atoms with Gasteiger partial charge in [0.25, 0.3) is 0 Å². The van der Waals surface area contributed by atoms with Gasteiger partial charge in [-0.25, -0.2) is 9.78 Å². The van der Waals surface area contributed by atoms with Crippen molar-refractivity contribution in [2.24, 2.45) is 0 Å². The first kappa shape index (κ1) is 18.0. The third-order valence-corrected chi connectivity index (χ3v) is 4.11. The normalized spacial score (nSPS) is 19.7. The number of ether oxygens (including phenoxy) is 1. The summed E-state index contributed by atoms with van der Waals surface area (Å²) in [4.78, 5) is 20.7. The molecule has 1 aliphatic heterocycles. The average molecular weight is 340 g/mol. The maximum Gasteiger partial charge on any atom is 0.410 e. The summed E-state index contributed by atoms with van der Waals surface area (Å²) >= 11 is 5.91. The largest absolute Gasteiger partial charge is 0.444 e. The summed E-state index contributed by atoms with van der Waals surface area (Å²) < 4.78 is 5.48. The van der Waals surface area contributed by atoms with E-state index in [1.807, 2.05) is 44.7 Å². The van der Waals surface area contributed by atoms with Gasteiger partial charge in [0.1, 0.15) is 10.8 Å². The lowest BCUT2D eigenvalue weighted by atomic mass is 10.1. The van der Waals surface area contributed by atoms with Crippen LogP contribution in [0.25, 0.3) is 0 Å². The van der Waals surface area contributed by atoms with Gasteiger partial charge in [0.15, 0.2) is 0 Å². The Kier molecular flexibility index (Phi) is 5.53. The minimum Gasteiger partial charge on any atom is -0.444 e. The van der Waals surface area contributed by atoms with E-state index in [-0.39, 0.29) is 12.1 Å². The molecule has 23 heavy (non-hydrogen) atoms. The monoisotopic (exact) mass is 339 g/mol. The summed E-state index contributed by atoms with van der Waals surface area (Å²) in [5.41, 5.74) is 1.67. The Morgan fingerprint density at radius 3 is 2.65 bits per heavy atom. The maximum absolute atomic E-state index is 12.2. The first-order valence-electron chi connectivity index (χ1n) is 8.00. The van der Waals surface area contributed by atoms with Crippen LogP contribution in [0.2, 0.25) is 5.15 Å². The Bertz CT molecular complexity index is 571. The van der Waals surface area contributed by atoms with Crippen molar-refractivity contribution < 1.29 is 9.53 Å². The molecule has 0 bridgehead atoms.